The summed E-state index contributed by atoms with van der Waals surface area (Å²) in [5.74, 6) is 1.15. The van der Waals surface area contributed by atoms with Crippen LogP contribution in [0.5, 0.6) is 0 Å². The van der Waals surface area contributed by atoms with E-state index in [0.29, 0.717) is 22.5 Å². The summed E-state index contributed by atoms with van der Waals surface area (Å²) in [6, 6.07) is 1.60. The van der Waals surface area contributed by atoms with Gasteiger partial charge in [-0.1, -0.05) is 11.6 Å². The number of halogens is 1. The summed E-state index contributed by atoms with van der Waals surface area (Å²) in [6.07, 6.45) is 5.10. The zero-order valence-corrected chi connectivity index (χ0v) is 10.1. The van der Waals surface area contributed by atoms with Crippen LogP contribution < -0.4 is 5.73 Å². The van der Waals surface area contributed by atoms with E-state index in [2.05, 4.69) is 15.1 Å². The molecule has 6 nitrogen and oxygen atoms in total. The average Bonchev–Trinajstić information content (AvgIpc) is 3.05. The number of hydrogen-bond donors (Lipinski definition) is 1. The van der Waals surface area contributed by atoms with Gasteiger partial charge in [-0.15, -0.1) is 0 Å². The van der Waals surface area contributed by atoms with Crippen LogP contribution in [-0.2, 0) is 0 Å². The molecule has 1 amide bonds. The van der Waals surface area contributed by atoms with Gasteiger partial charge in [0, 0.05) is 18.2 Å². The number of nitrogens with two attached hydrogens (primary N) is 1. The van der Waals surface area contributed by atoms with E-state index >= 15 is 0 Å². The first-order chi connectivity index (χ1) is 8.63. The van der Waals surface area contributed by atoms with Crippen LogP contribution in [-0.4, -0.2) is 25.7 Å². The SMILES string of the molecule is NC(=O)c1cnn(-c2cc(Cl)nc(C3CC3)n2)c1. The molecular weight excluding hydrogens is 254 g/mol. The number of hydrogen-bond acceptors (Lipinski definition) is 4. The topological polar surface area (TPSA) is 86.7 Å². The van der Waals surface area contributed by atoms with E-state index in [0.717, 1.165) is 18.7 Å². The molecule has 0 spiro atoms. The van der Waals surface area contributed by atoms with Crippen molar-refractivity contribution < 1.29 is 4.79 Å². The van der Waals surface area contributed by atoms with Crippen molar-refractivity contribution in [2.75, 3.05) is 0 Å². The molecule has 0 atom stereocenters. The van der Waals surface area contributed by atoms with E-state index in [9.17, 15) is 4.79 Å². The molecule has 0 saturated heterocycles. The highest BCUT2D eigenvalue weighted by Crippen LogP contribution is 2.38. The summed E-state index contributed by atoms with van der Waals surface area (Å²) in [5.41, 5.74) is 5.50. The number of carbonyl (C=O) groups is 1. The summed E-state index contributed by atoms with van der Waals surface area (Å²) < 4.78 is 1.47. The van der Waals surface area contributed by atoms with E-state index in [-0.39, 0.29) is 0 Å². The largest absolute Gasteiger partial charge is 0.366 e. The molecule has 2 heterocycles. The molecule has 1 aliphatic rings. The van der Waals surface area contributed by atoms with E-state index < -0.39 is 5.91 Å². The summed E-state index contributed by atoms with van der Waals surface area (Å²) in [4.78, 5) is 19.6. The monoisotopic (exact) mass is 263 g/mol. The van der Waals surface area contributed by atoms with Gasteiger partial charge in [0.2, 0.25) is 0 Å². The number of carbonyl (C=O) groups excluding carboxylic acids is 1. The van der Waals surface area contributed by atoms with Crippen molar-refractivity contribution >= 4 is 17.5 Å². The minimum atomic E-state index is -0.524. The maximum atomic E-state index is 11.0. The Bertz CT molecular complexity index is 620. The Hall–Kier alpha value is -1.95. The first kappa shape index (κ1) is 11.2. The van der Waals surface area contributed by atoms with Gasteiger partial charge in [-0.05, 0) is 12.8 Å². The molecule has 1 fully saturated rings. The smallest absolute Gasteiger partial charge is 0.251 e. The lowest BCUT2D eigenvalue weighted by atomic mass is 10.3. The lowest BCUT2D eigenvalue weighted by molar-refractivity contribution is 0.100. The van der Waals surface area contributed by atoms with E-state index in [4.69, 9.17) is 17.3 Å². The van der Waals surface area contributed by atoms with E-state index in [1.807, 2.05) is 0 Å². The predicted molar refractivity (Wildman–Crippen MR) is 64.7 cm³/mol. The Labute approximate surface area is 108 Å². The summed E-state index contributed by atoms with van der Waals surface area (Å²) >= 11 is 5.96. The molecule has 2 aromatic rings. The number of aromatic nitrogens is 4. The van der Waals surface area contributed by atoms with Crippen molar-refractivity contribution in [3.8, 4) is 5.82 Å². The third kappa shape index (κ3) is 2.06. The molecule has 1 saturated carbocycles. The van der Waals surface area contributed by atoms with Gasteiger partial charge in [-0.25, -0.2) is 14.6 Å². The highest BCUT2D eigenvalue weighted by Gasteiger charge is 2.27. The number of amides is 1. The van der Waals surface area contributed by atoms with Crippen LogP contribution in [0.3, 0.4) is 0 Å². The minimum Gasteiger partial charge on any atom is -0.366 e. The molecule has 0 aromatic carbocycles. The Morgan fingerprint density at radius 3 is 2.83 bits per heavy atom. The fourth-order valence-corrected chi connectivity index (χ4v) is 1.82. The van der Waals surface area contributed by atoms with Crippen molar-refractivity contribution in [1.29, 1.82) is 0 Å². The second-order valence-electron chi connectivity index (χ2n) is 4.22. The van der Waals surface area contributed by atoms with Gasteiger partial charge in [-0.3, -0.25) is 4.79 Å². The van der Waals surface area contributed by atoms with Crippen LogP contribution in [0.25, 0.3) is 5.82 Å². The number of rotatable bonds is 3. The van der Waals surface area contributed by atoms with Gasteiger partial charge < -0.3 is 5.73 Å². The Balaban J connectivity index is 2.01. The highest BCUT2D eigenvalue weighted by atomic mass is 35.5. The second-order valence-corrected chi connectivity index (χ2v) is 4.61. The van der Waals surface area contributed by atoms with Crippen molar-refractivity contribution in [2.45, 2.75) is 18.8 Å². The fourth-order valence-electron chi connectivity index (χ4n) is 1.64. The lowest BCUT2D eigenvalue weighted by Gasteiger charge is -2.03. The van der Waals surface area contributed by atoms with Crippen LogP contribution in [0, 0.1) is 0 Å². The lowest BCUT2D eigenvalue weighted by Crippen LogP contribution is -2.09. The van der Waals surface area contributed by atoms with E-state index in [1.165, 1.54) is 17.1 Å². The average molecular weight is 264 g/mol. The molecule has 18 heavy (non-hydrogen) atoms. The molecule has 7 heteroatoms. The molecule has 92 valence electrons. The minimum absolute atomic E-state index is 0.331. The Kier molecular flexibility index (Phi) is 2.52. The maximum absolute atomic E-state index is 11.0. The zero-order valence-electron chi connectivity index (χ0n) is 9.38. The van der Waals surface area contributed by atoms with Crippen LogP contribution in [0.4, 0.5) is 0 Å². The first-order valence-corrected chi connectivity index (χ1v) is 5.90. The van der Waals surface area contributed by atoms with Crippen molar-refractivity contribution in [1.82, 2.24) is 19.7 Å². The highest BCUT2D eigenvalue weighted by molar-refractivity contribution is 6.29. The Morgan fingerprint density at radius 1 is 1.44 bits per heavy atom. The molecular formula is C11H10ClN5O. The molecule has 0 aliphatic heterocycles. The third-order valence-corrected chi connectivity index (χ3v) is 2.94. The van der Waals surface area contributed by atoms with Gasteiger partial charge >= 0.3 is 0 Å². The summed E-state index contributed by atoms with van der Waals surface area (Å²) in [6.45, 7) is 0. The van der Waals surface area contributed by atoms with E-state index in [1.54, 1.807) is 6.07 Å². The van der Waals surface area contributed by atoms with Crippen molar-refractivity contribution in [3.63, 3.8) is 0 Å². The van der Waals surface area contributed by atoms with Crippen LogP contribution in [0.2, 0.25) is 5.15 Å². The zero-order chi connectivity index (χ0) is 12.7. The van der Waals surface area contributed by atoms with Crippen LogP contribution in [0.1, 0.15) is 34.9 Å². The normalized spacial score (nSPS) is 14.7. The first-order valence-electron chi connectivity index (χ1n) is 5.53. The van der Waals surface area contributed by atoms with Gasteiger partial charge in [0.1, 0.15) is 11.0 Å². The summed E-state index contributed by atoms with van der Waals surface area (Å²) in [5, 5.41) is 4.41. The van der Waals surface area contributed by atoms with Crippen molar-refractivity contribution in [3.05, 3.63) is 35.0 Å². The molecule has 0 unspecified atom stereocenters. The molecule has 1 aliphatic carbocycles. The van der Waals surface area contributed by atoms with Crippen LogP contribution in [0.15, 0.2) is 18.5 Å². The fraction of sp³-hybridized carbons (Fsp3) is 0.273. The summed E-state index contributed by atoms with van der Waals surface area (Å²) in [7, 11) is 0. The van der Waals surface area contributed by atoms with Gasteiger partial charge in [0.05, 0.1) is 11.8 Å². The maximum Gasteiger partial charge on any atom is 0.251 e. The van der Waals surface area contributed by atoms with Crippen LogP contribution >= 0.6 is 11.6 Å². The third-order valence-electron chi connectivity index (χ3n) is 2.74. The Morgan fingerprint density at radius 2 is 2.22 bits per heavy atom. The quantitative estimate of drug-likeness (QED) is 0.846. The molecule has 2 N–H and O–H groups in total. The second kappa shape index (κ2) is 4.06. The number of nitrogens with zero attached hydrogens (tertiary/aromatic N) is 4. The molecule has 0 bridgehead atoms. The standard InChI is InChI=1S/C11H10ClN5O/c12-8-3-9(16-11(15-8)6-1-2-6)17-5-7(4-14-17)10(13)18/h3-6H,1-2H2,(H2,13,18). The molecule has 0 radical (unpaired) electrons. The van der Waals surface area contributed by atoms with Gasteiger partial charge in [0.25, 0.3) is 5.91 Å². The van der Waals surface area contributed by atoms with Gasteiger partial charge in [0.15, 0.2) is 5.82 Å². The molecule has 2 aromatic heterocycles. The van der Waals surface area contributed by atoms with Crippen molar-refractivity contribution in [2.24, 2.45) is 5.73 Å². The molecule has 3 rings (SSSR count). The van der Waals surface area contributed by atoms with Gasteiger partial charge in [-0.2, -0.15) is 5.10 Å². The number of primary amides is 1. The predicted octanol–water partition coefficient (Wildman–Crippen LogP) is 1.29.